The molecule has 0 radical (unpaired) electrons. The molecule has 0 unspecified atom stereocenters. The first-order chi connectivity index (χ1) is 10.0. The van der Waals surface area contributed by atoms with E-state index in [2.05, 4.69) is 4.98 Å². The van der Waals surface area contributed by atoms with E-state index in [4.69, 9.17) is 4.74 Å². The topological polar surface area (TPSA) is 79.4 Å². The van der Waals surface area contributed by atoms with Gasteiger partial charge in [0.15, 0.2) is 0 Å². The van der Waals surface area contributed by atoms with E-state index in [-0.39, 0.29) is 35.5 Å². The summed E-state index contributed by atoms with van der Waals surface area (Å²) in [5, 5.41) is 10.2. The molecule has 116 valence electrons. The van der Waals surface area contributed by atoms with E-state index in [1.54, 1.807) is 13.0 Å². The van der Waals surface area contributed by atoms with Crippen LogP contribution in [0.2, 0.25) is 0 Å². The van der Waals surface area contributed by atoms with Crippen LogP contribution in [0.15, 0.2) is 10.9 Å². The summed E-state index contributed by atoms with van der Waals surface area (Å²) >= 11 is 0. The fourth-order valence-corrected chi connectivity index (χ4v) is 3.34. The lowest BCUT2D eigenvalue weighted by Gasteiger charge is -2.29. The van der Waals surface area contributed by atoms with Crippen molar-refractivity contribution < 1.29 is 14.6 Å². The second kappa shape index (κ2) is 6.78. The highest BCUT2D eigenvalue weighted by molar-refractivity contribution is 5.70. The highest BCUT2D eigenvalue weighted by Crippen LogP contribution is 2.39. The van der Waals surface area contributed by atoms with E-state index in [0.29, 0.717) is 11.3 Å². The molecular weight excluding hydrogens is 270 g/mol. The average Bonchev–Trinajstić information content (AvgIpc) is 2.46. The number of nitrogens with one attached hydrogen (secondary N) is 1. The van der Waals surface area contributed by atoms with E-state index in [1.807, 2.05) is 0 Å². The first-order valence-corrected chi connectivity index (χ1v) is 7.52. The average molecular weight is 293 g/mol. The molecule has 1 saturated carbocycles. The Morgan fingerprint density at radius 1 is 1.43 bits per heavy atom. The molecule has 1 aliphatic rings. The molecule has 5 heteroatoms. The number of H-pyrrole nitrogens is 1. The second-order valence-electron chi connectivity index (χ2n) is 5.87. The molecule has 0 amide bonds. The summed E-state index contributed by atoms with van der Waals surface area (Å²) < 4.78 is 4.76. The molecular formula is C16H23NO4. The van der Waals surface area contributed by atoms with Crippen LogP contribution >= 0.6 is 0 Å². The Morgan fingerprint density at radius 3 is 2.67 bits per heavy atom. The first-order valence-electron chi connectivity index (χ1n) is 7.52. The largest absolute Gasteiger partial charge is 0.507 e. The van der Waals surface area contributed by atoms with Gasteiger partial charge in [-0.05, 0) is 31.7 Å². The van der Waals surface area contributed by atoms with Crippen molar-refractivity contribution in [2.75, 3.05) is 7.11 Å². The molecule has 0 spiro atoms. The Labute approximate surface area is 124 Å². The lowest BCUT2D eigenvalue weighted by atomic mass is 9.75. The van der Waals surface area contributed by atoms with Crippen LogP contribution in [0.25, 0.3) is 0 Å². The van der Waals surface area contributed by atoms with Crippen molar-refractivity contribution in [3.63, 3.8) is 0 Å². The molecule has 1 aromatic heterocycles. The van der Waals surface area contributed by atoms with Gasteiger partial charge in [0.2, 0.25) is 0 Å². The SMILES string of the molecule is COC(=O)C[C@H](c1c(O)cc(C)[nH]c1=O)C1CCCCC1. The number of esters is 1. The quantitative estimate of drug-likeness (QED) is 0.836. The molecule has 0 aliphatic heterocycles. The Kier molecular flexibility index (Phi) is 5.04. The van der Waals surface area contributed by atoms with E-state index in [9.17, 15) is 14.7 Å². The minimum atomic E-state index is -0.343. The molecule has 1 heterocycles. The molecule has 1 atom stereocenters. The van der Waals surface area contributed by atoms with Crippen molar-refractivity contribution in [2.45, 2.75) is 51.4 Å². The number of carbonyl (C=O) groups excluding carboxylic acids is 1. The third kappa shape index (κ3) is 3.65. The second-order valence-corrected chi connectivity index (χ2v) is 5.87. The van der Waals surface area contributed by atoms with Crippen molar-refractivity contribution in [1.82, 2.24) is 4.98 Å². The Hall–Kier alpha value is -1.78. The first kappa shape index (κ1) is 15.6. The molecule has 5 nitrogen and oxygen atoms in total. The van der Waals surface area contributed by atoms with E-state index >= 15 is 0 Å². The lowest BCUT2D eigenvalue weighted by Crippen LogP contribution is -2.26. The fourth-order valence-electron chi connectivity index (χ4n) is 3.34. The van der Waals surface area contributed by atoms with Crippen molar-refractivity contribution in [1.29, 1.82) is 0 Å². The highest BCUT2D eigenvalue weighted by Gasteiger charge is 2.31. The summed E-state index contributed by atoms with van der Waals surface area (Å²) in [5.74, 6) is -0.393. The molecule has 0 saturated heterocycles. The summed E-state index contributed by atoms with van der Waals surface area (Å²) in [6, 6.07) is 1.55. The maximum absolute atomic E-state index is 12.2. The van der Waals surface area contributed by atoms with Gasteiger partial charge in [0.25, 0.3) is 5.56 Å². The van der Waals surface area contributed by atoms with Gasteiger partial charge in [0.05, 0.1) is 19.1 Å². The molecule has 1 aromatic rings. The standard InChI is InChI=1S/C16H23NO4/c1-10-8-13(18)15(16(20)17-10)12(9-14(19)21-2)11-6-4-3-5-7-11/h8,11-12H,3-7,9H2,1-2H3,(H2,17,18,20)/t12-/m0/s1. The predicted molar refractivity (Wildman–Crippen MR) is 79.4 cm³/mol. The van der Waals surface area contributed by atoms with Crippen molar-refractivity contribution in [3.05, 3.63) is 27.7 Å². The van der Waals surface area contributed by atoms with Gasteiger partial charge < -0.3 is 14.8 Å². The van der Waals surface area contributed by atoms with Crippen LogP contribution in [-0.2, 0) is 9.53 Å². The number of aromatic amines is 1. The summed E-state index contributed by atoms with van der Waals surface area (Å²) in [7, 11) is 1.35. The maximum Gasteiger partial charge on any atom is 0.306 e. The zero-order valence-corrected chi connectivity index (χ0v) is 12.6. The highest BCUT2D eigenvalue weighted by atomic mass is 16.5. The molecule has 2 rings (SSSR count). The number of methoxy groups -OCH3 is 1. The van der Waals surface area contributed by atoms with Gasteiger partial charge in [-0.2, -0.15) is 0 Å². The van der Waals surface area contributed by atoms with E-state index < -0.39 is 0 Å². The predicted octanol–water partition coefficient (Wildman–Crippen LogP) is 2.62. The third-order valence-electron chi connectivity index (χ3n) is 4.39. The minimum absolute atomic E-state index is 0.0178. The number of hydrogen-bond acceptors (Lipinski definition) is 4. The van der Waals surface area contributed by atoms with Gasteiger partial charge in [-0.1, -0.05) is 19.3 Å². The number of hydrogen-bond donors (Lipinski definition) is 2. The summed E-state index contributed by atoms with van der Waals surface area (Å²) in [6.07, 6.45) is 5.50. The van der Waals surface area contributed by atoms with Gasteiger partial charge in [0.1, 0.15) is 5.75 Å². The summed E-state index contributed by atoms with van der Waals surface area (Å²) in [6.45, 7) is 1.72. The normalized spacial score (nSPS) is 17.4. The monoisotopic (exact) mass is 293 g/mol. The van der Waals surface area contributed by atoms with Gasteiger partial charge in [-0.3, -0.25) is 9.59 Å². The van der Waals surface area contributed by atoms with Crippen LogP contribution in [0.3, 0.4) is 0 Å². The molecule has 2 N–H and O–H groups in total. The number of aromatic nitrogens is 1. The van der Waals surface area contributed by atoms with Gasteiger partial charge in [-0.15, -0.1) is 0 Å². The van der Waals surface area contributed by atoms with Crippen LogP contribution in [-0.4, -0.2) is 23.2 Å². The molecule has 1 fully saturated rings. The Morgan fingerprint density at radius 2 is 2.10 bits per heavy atom. The molecule has 1 aliphatic carbocycles. The number of rotatable bonds is 4. The van der Waals surface area contributed by atoms with Crippen molar-refractivity contribution in [3.8, 4) is 5.75 Å². The van der Waals surface area contributed by atoms with Gasteiger partial charge in [-0.25, -0.2) is 0 Å². The molecule has 0 bridgehead atoms. The van der Waals surface area contributed by atoms with Crippen LogP contribution < -0.4 is 5.56 Å². The maximum atomic E-state index is 12.2. The summed E-state index contributed by atoms with van der Waals surface area (Å²) in [4.78, 5) is 26.7. The third-order valence-corrected chi connectivity index (χ3v) is 4.39. The smallest absolute Gasteiger partial charge is 0.306 e. The zero-order valence-electron chi connectivity index (χ0n) is 12.6. The number of carbonyl (C=O) groups is 1. The lowest BCUT2D eigenvalue weighted by molar-refractivity contribution is -0.141. The minimum Gasteiger partial charge on any atom is -0.507 e. The molecule has 21 heavy (non-hydrogen) atoms. The Balaban J connectivity index is 2.38. The van der Waals surface area contributed by atoms with Crippen LogP contribution in [0.4, 0.5) is 0 Å². The molecule has 0 aromatic carbocycles. The number of aryl methyl sites for hydroxylation is 1. The Bertz CT molecular complexity index is 558. The number of aromatic hydroxyl groups is 1. The fraction of sp³-hybridized carbons (Fsp3) is 0.625. The number of pyridine rings is 1. The number of ether oxygens (including phenoxy) is 1. The zero-order chi connectivity index (χ0) is 15.4. The van der Waals surface area contributed by atoms with Crippen molar-refractivity contribution >= 4 is 5.97 Å². The van der Waals surface area contributed by atoms with Crippen molar-refractivity contribution in [2.24, 2.45) is 5.92 Å². The van der Waals surface area contributed by atoms with Crippen LogP contribution in [0.5, 0.6) is 5.75 Å². The van der Waals surface area contributed by atoms with Gasteiger partial charge in [0, 0.05) is 11.6 Å². The van der Waals surface area contributed by atoms with E-state index in [0.717, 1.165) is 25.7 Å². The van der Waals surface area contributed by atoms with E-state index in [1.165, 1.54) is 13.5 Å². The van der Waals surface area contributed by atoms with Crippen LogP contribution in [0.1, 0.15) is 55.7 Å². The summed E-state index contributed by atoms with van der Waals surface area (Å²) in [5.41, 5.74) is 0.645. The van der Waals surface area contributed by atoms with Gasteiger partial charge >= 0.3 is 5.97 Å². The van der Waals surface area contributed by atoms with Crippen LogP contribution in [0, 0.1) is 12.8 Å².